The first-order chi connectivity index (χ1) is 15.9. The zero-order valence-corrected chi connectivity index (χ0v) is 18.6. The number of hydrogen-bond donors (Lipinski definition) is 2. The average Bonchev–Trinajstić information content (AvgIpc) is 3.45. The molecule has 3 saturated heterocycles. The van der Waals surface area contributed by atoms with E-state index in [9.17, 15) is 19.4 Å². The fourth-order valence-corrected chi connectivity index (χ4v) is 5.19. The molecule has 3 fully saturated rings. The van der Waals surface area contributed by atoms with Crippen LogP contribution in [0.5, 0.6) is 11.8 Å². The van der Waals surface area contributed by atoms with Gasteiger partial charge in [-0.15, -0.1) is 4.73 Å². The van der Waals surface area contributed by atoms with Crippen LogP contribution in [-0.4, -0.2) is 82.8 Å². The fourth-order valence-electron chi connectivity index (χ4n) is 5.19. The van der Waals surface area contributed by atoms with E-state index >= 15 is 0 Å². The molecule has 178 valence electrons. The van der Waals surface area contributed by atoms with Gasteiger partial charge in [0.2, 0.25) is 11.8 Å². The van der Waals surface area contributed by atoms with Gasteiger partial charge in [-0.3, -0.25) is 4.90 Å². The first kappa shape index (κ1) is 21.8. The van der Waals surface area contributed by atoms with Gasteiger partial charge in [0.1, 0.15) is 5.82 Å². The van der Waals surface area contributed by atoms with Gasteiger partial charge >= 0.3 is 6.09 Å². The molecule has 4 heterocycles. The first-order valence-corrected chi connectivity index (χ1v) is 11.3. The zero-order chi connectivity index (χ0) is 23.1. The summed E-state index contributed by atoms with van der Waals surface area (Å²) in [6.45, 7) is 7.29. The molecule has 10 heteroatoms. The molecular formula is C23H29FN4O5. The number of aromatic hydroxyl groups is 2. The van der Waals surface area contributed by atoms with Crippen LogP contribution >= 0.6 is 0 Å². The molecule has 0 bridgehead atoms. The Morgan fingerprint density at radius 1 is 1.12 bits per heavy atom. The third-order valence-electron chi connectivity index (χ3n) is 6.92. The van der Waals surface area contributed by atoms with E-state index in [1.165, 1.54) is 12.1 Å². The molecule has 3 aliphatic rings. The van der Waals surface area contributed by atoms with Crippen molar-refractivity contribution in [3.63, 3.8) is 0 Å². The van der Waals surface area contributed by atoms with Crippen LogP contribution in [0.25, 0.3) is 0 Å². The molecule has 33 heavy (non-hydrogen) atoms. The number of fused-ring (bicyclic) bond motifs is 1. The van der Waals surface area contributed by atoms with Gasteiger partial charge in [0.15, 0.2) is 0 Å². The molecule has 0 spiro atoms. The van der Waals surface area contributed by atoms with Crippen molar-refractivity contribution in [1.82, 2.24) is 14.5 Å². The molecule has 2 aromatic rings. The largest absolute Gasteiger partial charge is 0.492 e. The number of likely N-dealkylation sites (tertiary alicyclic amines) is 2. The van der Waals surface area contributed by atoms with Crippen molar-refractivity contribution >= 4 is 11.8 Å². The molecule has 3 aliphatic heterocycles. The monoisotopic (exact) mass is 460 g/mol. The Bertz CT molecular complexity index is 997. The lowest BCUT2D eigenvalue weighted by molar-refractivity contribution is 0.0774. The summed E-state index contributed by atoms with van der Waals surface area (Å²) in [4.78, 5) is 23.5. The summed E-state index contributed by atoms with van der Waals surface area (Å²) in [6.07, 6.45) is -0.614. The van der Waals surface area contributed by atoms with Gasteiger partial charge < -0.3 is 29.6 Å². The number of amides is 1. The highest BCUT2D eigenvalue weighted by Gasteiger charge is 2.42. The summed E-state index contributed by atoms with van der Waals surface area (Å²) in [5.74, 6) is -0.327. The summed E-state index contributed by atoms with van der Waals surface area (Å²) in [7, 11) is 0. The lowest BCUT2D eigenvalue weighted by Gasteiger charge is -2.35. The van der Waals surface area contributed by atoms with E-state index in [1.807, 2.05) is 12.1 Å². The molecule has 9 nitrogen and oxygen atoms in total. The second kappa shape index (κ2) is 8.75. The van der Waals surface area contributed by atoms with Crippen LogP contribution in [0.1, 0.15) is 12.5 Å². The summed E-state index contributed by atoms with van der Waals surface area (Å²) in [5, 5.41) is 19.3. The fraction of sp³-hybridized carbons (Fsp3) is 0.522. The third-order valence-corrected chi connectivity index (χ3v) is 6.92. The number of carbonyl (C=O) groups is 1. The molecule has 1 amide bonds. The van der Waals surface area contributed by atoms with Gasteiger partial charge in [0.05, 0.1) is 13.2 Å². The second-order valence-electron chi connectivity index (χ2n) is 9.21. The molecule has 2 N–H and O–H groups in total. The van der Waals surface area contributed by atoms with Crippen molar-refractivity contribution in [1.29, 1.82) is 0 Å². The van der Waals surface area contributed by atoms with Crippen LogP contribution in [0.4, 0.5) is 14.9 Å². The Morgan fingerprint density at radius 3 is 2.45 bits per heavy atom. The predicted molar refractivity (Wildman–Crippen MR) is 118 cm³/mol. The Kier molecular flexibility index (Phi) is 5.79. The maximum atomic E-state index is 14.9. The normalized spacial score (nSPS) is 25.5. The van der Waals surface area contributed by atoms with E-state index in [1.54, 1.807) is 11.0 Å². The smallest absolute Gasteiger partial charge is 0.434 e. The van der Waals surface area contributed by atoms with Gasteiger partial charge in [0.25, 0.3) is 0 Å². The number of ether oxygens (including phenoxy) is 1. The molecule has 1 aromatic heterocycles. The summed E-state index contributed by atoms with van der Waals surface area (Å²) in [6, 6.07) is 8.19. The maximum absolute atomic E-state index is 14.9. The molecular weight excluding hydrogens is 431 g/mol. The van der Waals surface area contributed by atoms with Gasteiger partial charge in [0, 0.05) is 68.7 Å². The summed E-state index contributed by atoms with van der Waals surface area (Å²) >= 11 is 0. The predicted octanol–water partition coefficient (Wildman–Crippen LogP) is 1.88. The van der Waals surface area contributed by atoms with E-state index in [-0.39, 0.29) is 35.5 Å². The number of anilines is 1. The Labute approximate surface area is 191 Å². The van der Waals surface area contributed by atoms with E-state index < -0.39 is 6.09 Å². The lowest BCUT2D eigenvalue weighted by Crippen LogP contribution is -2.43. The van der Waals surface area contributed by atoms with Crippen molar-refractivity contribution in [2.45, 2.75) is 19.5 Å². The number of halogens is 1. The number of nitrogens with zero attached hydrogens (tertiary/aromatic N) is 4. The third kappa shape index (κ3) is 4.32. The molecule has 3 atom stereocenters. The standard InChI is InChI=1S/C23H29FN4O5/c1-15-14-32-7-6-27(15)19-3-2-16(20(24)8-19)9-25-10-17-12-26(13-18(17)11-25)23(31)33-28-21(29)4-5-22(28)30/h2-5,8,15,17-18,29-30H,6-7,9-14H2,1H3. The minimum Gasteiger partial charge on any atom is -0.492 e. The van der Waals surface area contributed by atoms with Crippen molar-refractivity contribution in [2.24, 2.45) is 11.8 Å². The highest BCUT2D eigenvalue weighted by atomic mass is 19.1. The number of aromatic nitrogens is 1. The lowest BCUT2D eigenvalue weighted by atomic mass is 10.0. The van der Waals surface area contributed by atoms with Crippen molar-refractivity contribution < 1.29 is 29.0 Å². The van der Waals surface area contributed by atoms with E-state index in [0.29, 0.717) is 43.1 Å². The highest BCUT2D eigenvalue weighted by molar-refractivity contribution is 5.68. The van der Waals surface area contributed by atoms with Crippen LogP contribution < -0.4 is 9.74 Å². The molecule has 1 aromatic carbocycles. The van der Waals surface area contributed by atoms with E-state index in [0.717, 1.165) is 25.3 Å². The average molecular weight is 461 g/mol. The number of morpholine rings is 1. The first-order valence-electron chi connectivity index (χ1n) is 11.3. The molecule has 0 saturated carbocycles. The quantitative estimate of drug-likeness (QED) is 0.720. The number of hydrogen-bond acceptors (Lipinski definition) is 7. The highest BCUT2D eigenvalue weighted by Crippen LogP contribution is 2.33. The minimum absolute atomic E-state index is 0.195. The molecule has 0 radical (unpaired) electrons. The summed E-state index contributed by atoms with van der Waals surface area (Å²) in [5.41, 5.74) is 1.56. The van der Waals surface area contributed by atoms with Crippen molar-refractivity contribution in [3.05, 3.63) is 41.7 Å². The van der Waals surface area contributed by atoms with Crippen LogP contribution in [0.15, 0.2) is 30.3 Å². The van der Waals surface area contributed by atoms with Gasteiger partial charge in [-0.1, -0.05) is 6.07 Å². The zero-order valence-electron chi connectivity index (χ0n) is 18.6. The van der Waals surface area contributed by atoms with Crippen molar-refractivity contribution in [3.8, 4) is 11.8 Å². The maximum Gasteiger partial charge on any atom is 0.434 e. The van der Waals surface area contributed by atoms with Gasteiger partial charge in [-0.25, -0.2) is 9.18 Å². The van der Waals surface area contributed by atoms with Crippen LogP contribution in [0, 0.1) is 17.7 Å². The Morgan fingerprint density at radius 2 is 1.82 bits per heavy atom. The SMILES string of the molecule is CC1COCCN1c1ccc(CN2CC3CN(C(=O)On4c(O)ccc4O)CC3C2)c(F)c1. The van der Waals surface area contributed by atoms with Gasteiger partial charge in [-0.2, -0.15) is 0 Å². The minimum atomic E-state index is -0.614. The summed E-state index contributed by atoms with van der Waals surface area (Å²) < 4.78 is 21.1. The number of benzene rings is 1. The molecule has 3 unspecified atom stereocenters. The Hall–Kier alpha value is -2.98. The van der Waals surface area contributed by atoms with Crippen LogP contribution in [0.3, 0.4) is 0 Å². The second-order valence-corrected chi connectivity index (χ2v) is 9.21. The van der Waals surface area contributed by atoms with Crippen LogP contribution in [-0.2, 0) is 11.3 Å². The number of rotatable bonds is 4. The van der Waals surface area contributed by atoms with E-state index in [2.05, 4.69) is 16.7 Å². The Balaban J connectivity index is 1.16. The molecule has 5 rings (SSSR count). The van der Waals surface area contributed by atoms with Gasteiger partial charge in [-0.05, 0) is 30.9 Å². The topological polar surface area (TPSA) is 90.6 Å². The van der Waals surface area contributed by atoms with E-state index in [4.69, 9.17) is 9.57 Å². The molecule has 0 aliphatic carbocycles. The van der Waals surface area contributed by atoms with Crippen molar-refractivity contribution in [2.75, 3.05) is 50.8 Å². The van der Waals surface area contributed by atoms with Crippen LogP contribution in [0.2, 0.25) is 0 Å². The number of carbonyl (C=O) groups excluding carboxylic acids is 1.